The van der Waals surface area contributed by atoms with E-state index in [1.165, 1.54) is 4.57 Å². The quantitative estimate of drug-likeness (QED) is 0.173. The largest absolute Gasteiger partial charge is 0.309 e. The van der Waals surface area contributed by atoms with E-state index in [1.807, 2.05) is 71.4 Å². The first-order chi connectivity index (χ1) is 24.9. The molecular weight excluding hydrogens is 587 g/mol. The lowest BCUT2D eigenvalue weighted by atomic mass is 10.1. The van der Waals surface area contributed by atoms with Gasteiger partial charge in [-0.1, -0.05) is 72.8 Å². The fraction of sp³-hybridized carbons (Fsp3) is 0.0233. The highest BCUT2D eigenvalue weighted by Gasteiger charge is 2.20. The zero-order valence-electron chi connectivity index (χ0n) is 29.0. The zero-order chi connectivity index (χ0) is 34.5. The average Bonchev–Trinajstić information content (AvgIpc) is 3.73. The monoisotopic (exact) mass is 621 g/mol. The van der Waals surface area contributed by atoms with Crippen LogP contribution >= 0.6 is 0 Å². The van der Waals surface area contributed by atoms with Gasteiger partial charge in [-0.25, -0.2) is 9.55 Å². The average molecular weight is 622 g/mol. The molecule has 0 aliphatic rings. The molecule has 0 atom stereocenters. The van der Waals surface area contributed by atoms with Crippen LogP contribution in [0.2, 0.25) is 0 Å². The number of benzene rings is 6. The van der Waals surface area contributed by atoms with Crippen LogP contribution in [0.4, 0.5) is 17.1 Å². The van der Waals surface area contributed by atoms with Gasteiger partial charge in [-0.05, 0) is 77.9 Å². The molecule has 3 heterocycles. The first-order valence-electron chi connectivity index (χ1n) is 17.5. The molecule has 48 heavy (non-hydrogen) atoms. The van der Waals surface area contributed by atoms with E-state index in [0.717, 1.165) is 67.0 Å². The van der Waals surface area contributed by atoms with Crippen molar-refractivity contribution in [3.05, 3.63) is 176 Å². The predicted molar refractivity (Wildman–Crippen MR) is 199 cm³/mol. The first kappa shape index (κ1) is 24.7. The third kappa shape index (κ3) is 4.64. The molecule has 9 rings (SSSR count). The number of pyridine rings is 1. The summed E-state index contributed by atoms with van der Waals surface area (Å²) in [4.78, 5) is 7.13. The van der Waals surface area contributed by atoms with Crippen molar-refractivity contribution < 1.29 is 4.11 Å². The number of nitrogens with zero attached hydrogens (tertiary/aromatic N) is 5. The van der Waals surface area contributed by atoms with Crippen LogP contribution in [-0.2, 0) is 6.98 Å². The van der Waals surface area contributed by atoms with Crippen molar-refractivity contribution in [2.75, 3.05) is 4.90 Å². The molecule has 0 N–H and O–H groups in total. The first-order valence-corrected chi connectivity index (χ1v) is 16.0. The summed E-state index contributed by atoms with van der Waals surface area (Å²) < 4.78 is 30.1. The highest BCUT2D eigenvalue weighted by molar-refractivity contribution is 6.10. The number of hydrogen-bond donors (Lipinski definition) is 0. The van der Waals surface area contributed by atoms with Gasteiger partial charge in [0, 0.05) is 63.7 Å². The Hall–Kier alpha value is -6.46. The van der Waals surface area contributed by atoms with Crippen LogP contribution in [0.5, 0.6) is 0 Å². The lowest BCUT2D eigenvalue weighted by Crippen LogP contribution is -2.10. The van der Waals surface area contributed by atoms with Crippen molar-refractivity contribution in [2.45, 2.75) is 0 Å². The van der Waals surface area contributed by atoms with Gasteiger partial charge in [-0.3, -0.25) is 4.57 Å². The highest BCUT2D eigenvalue weighted by Crippen LogP contribution is 2.40. The number of aromatic nitrogens is 4. The summed E-state index contributed by atoms with van der Waals surface area (Å²) in [5.74, 6) is 0.843. The van der Waals surface area contributed by atoms with Gasteiger partial charge in [-0.2, -0.15) is 4.57 Å². The number of aryl methyl sites for hydroxylation is 1. The summed E-state index contributed by atoms with van der Waals surface area (Å²) in [5, 5.41) is 2.29. The van der Waals surface area contributed by atoms with Gasteiger partial charge in [0.25, 0.3) is 0 Å². The minimum atomic E-state index is -2.32. The third-order valence-corrected chi connectivity index (χ3v) is 9.01. The van der Waals surface area contributed by atoms with Gasteiger partial charge < -0.3 is 4.90 Å². The fourth-order valence-electron chi connectivity index (χ4n) is 6.82. The van der Waals surface area contributed by atoms with Crippen LogP contribution in [0.3, 0.4) is 0 Å². The van der Waals surface area contributed by atoms with E-state index in [0.29, 0.717) is 5.52 Å². The maximum Gasteiger partial charge on any atom is 0.191 e. The van der Waals surface area contributed by atoms with Gasteiger partial charge in [0.1, 0.15) is 11.5 Å². The Morgan fingerprint density at radius 1 is 0.542 bits per heavy atom. The number of imidazole rings is 1. The summed E-state index contributed by atoms with van der Waals surface area (Å²) in [6, 6.07) is 55.8. The maximum absolute atomic E-state index is 8.18. The molecule has 3 aromatic heterocycles. The van der Waals surface area contributed by atoms with Crippen LogP contribution in [0.15, 0.2) is 176 Å². The number of hydrogen-bond acceptors (Lipinski definition) is 2. The molecule has 0 aliphatic heterocycles. The van der Waals surface area contributed by atoms with Crippen molar-refractivity contribution in [3.63, 3.8) is 0 Å². The molecule has 0 bridgehead atoms. The second-order valence-electron chi connectivity index (χ2n) is 11.9. The molecule has 5 nitrogen and oxygen atoms in total. The van der Waals surface area contributed by atoms with Gasteiger partial charge in [0.15, 0.2) is 17.4 Å². The zero-order valence-corrected chi connectivity index (χ0v) is 26.0. The lowest BCUT2D eigenvalue weighted by molar-refractivity contribution is 0.911. The van der Waals surface area contributed by atoms with E-state index < -0.39 is 6.98 Å². The van der Waals surface area contributed by atoms with Crippen LogP contribution in [0.25, 0.3) is 55.5 Å². The summed E-state index contributed by atoms with van der Waals surface area (Å²) in [5.41, 5.74) is 9.57. The van der Waals surface area contributed by atoms with E-state index in [9.17, 15) is 0 Å². The molecule has 9 aromatic rings. The van der Waals surface area contributed by atoms with Gasteiger partial charge in [0.2, 0.25) is 0 Å². The molecule has 0 saturated carbocycles. The molecule has 0 radical (unpaired) electrons. The van der Waals surface area contributed by atoms with Crippen LogP contribution in [0, 0.1) is 0 Å². The second kappa shape index (κ2) is 11.4. The lowest BCUT2D eigenvalue weighted by Gasteiger charge is -2.25. The van der Waals surface area contributed by atoms with Crippen molar-refractivity contribution in [2.24, 2.45) is 6.98 Å². The van der Waals surface area contributed by atoms with Crippen LogP contribution < -0.4 is 4.90 Å². The number of para-hydroxylation sites is 4. The molecule has 5 heteroatoms. The third-order valence-electron chi connectivity index (χ3n) is 9.01. The summed E-state index contributed by atoms with van der Waals surface area (Å²) in [6.45, 7) is -2.32. The number of fused-ring (bicyclic) bond motifs is 4. The Bertz CT molecular complexity index is 2700. The summed E-state index contributed by atoms with van der Waals surface area (Å²) in [6.07, 6.45) is 3.55. The Morgan fingerprint density at radius 3 is 2.06 bits per heavy atom. The van der Waals surface area contributed by atoms with E-state index in [2.05, 4.69) is 113 Å². The fourth-order valence-corrected chi connectivity index (χ4v) is 6.82. The molecule has 0 aliphatic carbocycles. The molecule has 228 valence electrons. The van der Waals surface area contributed by atoms with Crippen molar-refractivity contribution in [1.29, 1.82) is 0 Å². The molecular formula is C43H32N5+. The standard InChI is InChI=1S/C43H32N5/c1-45-30-46(41-22-11-10-21-40(41)45)34-17-12-18-35(28-34)47(33-15-6-3-7-16-33)36-23-24-38-37-19-8-9-20-39(37)48(42(38)29-36)43-27-32(25-26-44-43)31-13-4-2-5-14-31/h2-30H,1H3/q+1/i1D3. The van der Waals surface area contributed by atoms with E-state index in [-0.39, 0.29) is 0 Å². The van der Waals surface area contributed by atoms with Gasteiger partial charge >= 0.3 is 0 Å². The topological polar surface area (TPSA) is 30.9 Å². The predicted octanol–water partition coefficient (Wildman–Crippen LogP) is 10.9. The van der Waals surface area contributed by atoms with Crippen molar-refractivity contribution >= 4 is 49.9 Å². The molecule has 0 fully saturated rings. The van der Waals surface area contributed by atoms with Gasteiger partial charge in [0.05, 0.1) is 16.7 Å². The summed E-state index contributed by atoms with van der Waals surface area (Å²) >= 11 is 0. The van der Waals surface area contributed by atoms with E-state index >= 15 is 0 Å². The summed E-state index contributed by atoms with van der Waals surface area (Å²) in [7, 11) is 0. The molecule has 0 unspecified atom stereocenters. The highest BCUT2D eigenvalue weighted by atomic mass is 15.2. The number of anilines is 3. The molecule has 0 amide bonds. The Balaban J connectivity index is 1.24. The molecule has 6 aromatic carbocycles. The number of rotatable bonds is 6. The van der Waals surface area contributed by atoms with Crippen LogP contribution in [0.1, 0.15) is 4.11 Å². The van der Waals surface area contributed by atoms with Gasteiger partial charge in [-0.15, -0.1) is 0 Å². The second-order valence-corrected chi connectivity index (χ2v) is 11.9. The van der Waals surface area contributed by atoms with Crippen molar-refractivity contribution in [1.82, 2.24) is 18.7 Å². The minimum Gasteiger partial charge on any atom is -0.309 e. The smallest absolute Gasteiger partial charge is 0.191 e. The van der Waals surface area contributed by atoms with E-state index in [4.69, 9.17) is 9.10 Å². The normalized spacial score (nSPS) is 12.6. The molecule has 0 spiro atoms. The maximum atomic E-state index is 8.18. The Morgan fingerprint density at radius 2 is 1.23 bits per heavy atom. The Labute approximate surface area is 283 Å². The Kier molecular flexibility index (Phi) is 5.88. The SMILES string of the molecule is [2H]C([2H])([2H])n1[cH+]n(-c2cccc(N(c3ccccc3)c3ccc4c5ccccc5n(-c5cc(-c6ccccc6)ccn5)c4c3)c2)c2ccccc21. The van der Waals surface area contributed by atoms with Crippen LogP contribution in [-0.4, -0.2) is 18.7 Å². The minimum absolute atomic E-state index is 0.644. The molecule has 0 saturated heterocycles. The van der Waals surface area contributed by atoms with Crippen molar-refractivity contribution in [3.8, 4) is 22.6 Å². The van der Waals surface area contributed by atoms with E-state index in [1.54, 1.807) is 6.33 Å².